The van der Waals surface area contributed by atoms with E-state index >= 15 is 0 Å². The second-order valence-electron chi connectivity index (χ2n) is 5.26. The molecule has 0 unspecified atom stereocenters. The molecule has 0 aromatic carbocycles. The molecule has 3 aromatic heterocycles. The van der Waals surface area contributed by atoms with Crippen LogP contribution in [0.1, 0.15) is 45.3 Å². The molecule has 3 aromatic rings. The van der Waals surface area contributed by atoms with E-state index in [-0.39, 0.29) is 11.5 Å². The number of H-pyrrole nitrogens is 1. The lowest BCUT2D eigenvalue weighted by Gasteiger charge is -1.93. The van der Waals surface area contributed by atoms with E-state index in [9.17, 15) is 14.4 Å². The van der Waals surface area contributed by atoms with Gasteiger partial charge in [-0.25, -0.2) is 19.4 Å². The van der Waals surface area contributed by atoms with E-state index in [1.54, 1.807) is 12.1 Å². The van der Waals surface area contributed by atoms with E-state index in [2.05, 4.69) is 47.2 Å². The van der Waals surface area contributed by atoms with E-state index in [1.807, 2.05) is 0 Å². The number of esters is 3. The summed E-state index contributed by atoms with van der Waals surface area (Å²) >= 11 is 2.40. The van der Waals surface area contributed by atoms with Crippen molar-refractivity contribution in [3.63, 3.8) is 0 Å². The maximum absolute atomic E-state index is 10.9. The van der Waals surface area contributed by atoms with Gasteiger partial charge in [-0.05, 0) is 24.0 Å². The van der Waals surface area contributed by atoms with E-state index in [0.29, 0.717) is 20.5 Å². The number of rotatable bonds is 3. The molecule has 0 bridgehead atoms. The van der Waals surface area contributed by atoms with Crippen LogP contribution in [0.5, 0.6) is 0 Å². The van der Waals surface area contributed by atoms with Crippen molar-refractivity contribution in [2.75, 3.05) is 21.3 Å². The van der Waals surface area contributed by atoms with Crippen LogP contribution < -0.4 is 0 Å². The van der Waals surface area contributed by atoms with Gasteiger partial charge in [0, 0.05) is 0 Å². The van der Waals surface area contributed by atoms with Crippen molar-refractivity contribution in [3.8, 4) is 37.0 Å². The number of nitrogens with one attached hydrogen (secondary N) is 1. The Hall–Kier alpha value is -4.37. The van der Waals surface area contributed by atoms with Crippen LogP contribution >= 0.6 is 22.7 Å². The van der Waals surface area contributed by atoms with Crippen molar-refractivity contribution >= 4 is 40.6 Å². The minimum atomic E-state index is -0.480. The molecule has 9 nitrogen and oxygen atoms in total. The van der Waals surface area contributed by atoms with Crippen molar-refractivity contribution in [1.82, 2.24) is 15.2 Å². The van der Waals surface area contributed by atoms with Crippen LogP contribution in [0.25, 0.3) is 0 Å². The van der Waals surface area contributed by atoms with Gasteiger partial charge in [-0.1, -0.05) is 17.3 Å². The SMILES string of the molecule is C#Cc1[nH]ncc1C(=O)OC.C#Cc1ccc(C(=O)OC)s1.C#Cc1ncc(C(=O)OC)s1. The van der Waals surface area contributed by atoms with Crippen LogP contribution in [0, 0.1) is 37.0 Å². The lowest BCUT2D eigenvalue weighted by Crippen LogP contribution is -2.01. The van der Waals surface area contributed by atoms with Gasteiger partial charge < -0.3 is 14.2 Å². The molecule has 0 radical (unpaired) electrons. The number of carbonyl (C=O) groups excluding carboxylic acids is 3. The summed E-state index contributed by atoms with van der Waals surface area (Å²) < 4.78 is 13.4. The Labute approximate surface area is 198 Å². The molecule has 3 rings (SSSR count). The lowest BCUT2D eigenvalue weighted by atomic mass is 10.2. The average molecular weight is 484 g/mol. The highest BCUT2D eigenvalue weighted by molar-refractivity contribution is 7.14. The number of methoxy groups -OCH3 is 3. The molecule has 0 spiro atoms. The third kappa shape index (κ3) is 8.00. The predicted molar refractivity (Wildman–Crippen MR) is 123 cm³/mol. The van der Waals surface area contributed by atoms with Gasteiger partial charge in [0.05, 0.1) is 38.6 Å². The molecule has 11 heteroatoms. The number of thiazole rings is 1. The Bertz CT molecular complexity index is 1170. The first-order valence-electron chi connectivity index (χ1n) is 8.58. The van der Waals surface area contributed by atoms with Crippen LogP contribution in [0.3, 0.4) is 0 Å². The number of ether oxygens (including phenoxy) is 3. The first-order valence-corrected chi connectivity index (χ1v) is 10.2. The van der Waals surface area contributed by atoms with Crippen LogP contribution in [0.2, 0.25) is 0 Å². The summed E-state index contributed by atoms with van der Waals surface area (Å²) in [5, 5.41) is 6.57. The van der Waals surface area contributed by atoms with Crippen LogP contribution in [-0.2, 0) is 14.2 Å². The Morgan fingerprint density at radius 2 is 1.48 bits per heavy atom. The van der Waals surface area contributed by atoms with Gasteiger partial charge in [0.2, 0.25) is 0 Å². The van der Waals surface area contributed by atoms with Crippen molar-refractivity contribution in [2.45, 2.75) is 0 Å². The molecule has 168 valence electrons. The minimum absolute atomic E-state index is 0.287. The molecular weight excluding hydrogens is 466 g/mol. The molecule has 1 N–H and O–H groups in total. The van der Waals surface area contributed by atoms with Crippen molar-refractivity contribution in [1.29, 1.82) is 0 Å². The molecule has 33 heavy (non-hydrogen) atoms. The van der Waals surface area contributed by atoms with E-state index in [1.165, 1.54) is 45.1 Å². The van der Waals surface area contributed by atoms with Gasteiger partial charge in [0.1, 0.15) is 21.0 Å². The summed E-state index contributed by atoms with van der Waals surface area (Å²) in [4.78, 5) is 38.1. The molecule has 0 atom stereocenters. The largest absolute Gasteiger partial charge is 0.465 e. The fraction of sp³-hybridized carbons (Fsp3) is 0.136. The number of hydrogen-bond donors (Lipinski definition) is 1. The fourth-order valence-corrected chi connectivity index (χ4v) is 3.20. The number of aromatic amines is 1. The molecule has 0 aliphatic rings. The molecule has 0 aliphatic heterocycles. The van der Waals surface area contributed by atoms with Gasteiger partial charge in [-0.2, -0.15) is 5.10 Å². The molecule has 0 saturated carbocycles. The molecule has 0 aliphatic carbocycles. The zero-order valence-corrected chi connectivity index (χ0v) is 19.3. The second-order valence-corrected chi connectivity index (χ2v) is 7.37. The second kappa shape index (κ2) is 13.8. The minimum Gasteiger partial charge on any atom is -0.465 e. The van der Waals surface area contributed by atoms with Crippen LogP contribution in [-0.4, -0.2) is 54.4 Å². The summed E-state index contributed by atoms with van der Waals surface area (Å²) in [7, 11) is 3.95. The maximum atomic E-state index is 10.9. The summed E-state index contributed by atoms with van der Waals surface area (Å²) in [5.41, 5.74) is 0.631. The topological polar surface area (TPSA) is 120 Å². The summed E-state index contributed by atoms with van der Waals surface area (Å²) in [6.07, 6.45) is 18.0. The first-order chi connectivity index (χ1) is 15.8. The molecule has 0 saturated heterocycles. The van der Waals surface area contributed by atoms with Crippen molar-refractivity contribution in [3.05, 3.63) is 55.4 Å². The lowest BCUT2D eigenvalue weighted by molar-refractivity contribution is 0.0593. The standard InChI is InChI=1S/C8H6O2S.C7H6N2O2.C7H5NO2S/c1-3-6-4-5-7(11-6)8(9)10-2;1-3-6-5(4-8-9-6)7(10)11-2;1-3-6-8-4-5(11-6)7(9)10-2/h1,4-5H,2H3;1,4H,2H3,(H,8,9);1,4H,2H3. The summed E-state index contributed by atoms with van der Waals surface area (Å²) in [6.45, 7) is 0. The fourth-order valence-electron chi connectivity index (χ4n) is 1.82. The average Bonchev–Trinajstić information content (AvgIpc) is 3.63. The Kier molecular flexibility index (Phi) is 11.2. The highest BCUT2D eigenvalue weighted by Crippen LogP contribution is 2.15. The Morgan fingerprint density at radius 3 is 1.97 bits per heavy atom. The highest BCUT2D eigenvalue weighted by Gasteiger charge is 2.11. The molecule has 0 fully saturated rings. The molecule has 3 heterocycles. The number of thiophene rings is 1. The summed E-state index contributed by atoms with van der Waals surface area (Å²) in [5.74, 6) is 5.82. The van der Waals surface area contributed by atoms with E-state index < -0.39 is 11.9 Å². The van der Waals surface area contributed by atoms with Gasteiger partial charge in [0.15, 0.2) is 5.01 Å². The van der Waals surface area contributed by atoms with Gasteiger partial charge in [0.25, 0.3) is 0 Å². The van der Waals surface area contributed by atoms with Crippen molar-refractivity contribution in [2.24, 2.45) is 0 Å². The van der Waals surface area contributed by atoms with Crippen molar-refractivity contribution < 1.29 is 28.6 Å². The monoisotopic (exact) mass is 483 g/mol. The number of carbonyl (C=O) groups is 3. The Balaban J connectivity index is 0.000000247. The van der Waals surface area contributed by atoms with Crippen LogP contribution in [0.4, 0.5) is 0 Å². The van der Waals surface area contributed by atoms with Crippen LogP contribution in [0.15, 0.2) is 24.5 Å². The zero-order chi connectivity index (χ0) is 24.8. The molecule has 0 amide bonds. The van der Waals surface area contributed by atoms with Gasteiger partial charge in [-0.15, -0.1) is 30.6 Å². The third-order valence-corrected chi connectivity index (χ3v) is 5.24. The third-order valence-electron chi connectivity index (χ3n) is 3.34. The van der Waals surface area contributed by atoms with E-state index in [0.717, 1.165) is 16.2 Å². The normalized spacial score (nSPS) is 8.73. The Morgan fingerprint density at radius 1 is 0.848 bits per heavy atom. The van der Waals surface area contributed by atoms with E-state index in [4.69, 9.17) is 19.3 Å². The van der Waals surface area contributed by atoms with Gasteiger partial charge >= 0.3 is 17.9 Å². The number of hydrogen-bond acceptors (Lipinski definition) is 10. The number of terminal acetylenes is 3. The molecular formula is C22H17N3O6S2. The number of aromatic nitrogens is 3. The first kappa shape index (κ1) is 26.7. The smallest absolute Gasteiger partial charge is 0.349 e. The summed E-state index contributed by atoms with van der Waals surface area (Å²) in [6, 6.07) is 3.38. The highest BCUT2D eigenvalue weighted by atomic mass is 32.1. The zero-order valence-electron chi connectivity index (χ0n) is 17.7. The quantitative estimate of drug-likeness (QED) is 0.343. The maximum Gasteiger partial charge on any atom is 0.349 e. The van der Waals surface area contributed by atoms with Gasteiger partial charge in [-0.3, -0.25) is 5.10 Å². The number of nitrogens with zero attached hydrogens (tertiary/aromatic N) is 2. The predicted octanol–water partition coefficient (Wildman–Crippen LogP) is 2.60.